The van der Waals surface area contributed by atoms with Gasteiger partial charge < -0.3 is 19.3 Å². The standard InChI is InChI=1S/C38H60N2O4/c1-5-9-25-39(26-10-6-2)29-13-31-43-37(41)35-21-17-33(18-22-35)15-16-34-19-23-36(24-20-34)38(42)44-32-14-30-40(27-11-7-3)28-12-8-4/h17-24H,5-16,25-32H2,1-4H3. The van der Waals surface area contributed by atoms with Crippen molar-refractivity contribution in [3.8, 4) is 0 Å². The van der Waals surface area contributed by atoms with E-state index in [4.69, 9.17) is 9.47 Å². The minimum atomic E-state index is -0.252. The van der Waals surface area contributed by atoms with E-state index in [0.29, 0.717) is 24.3 Å². The van der Waals surface area contributed by atoms with Gasteiger partial charge >= 0.3 is 11.9 Å². The lowest BCUT2D eigenvalue weighted by Crippen LogP contribution is -2.28. The fourth-order valence-electron chi connectivity index (χ4n) is 5.17. The van der Waals surface area contributed by atoms with E-state index >= 15 is 0 Å². The zero-order valence-corrected chi connectivity index (χ0v) is 28.3. The Morgan fingerprint density at radius 1 is 0.477 bits per heavy atom. The summed E-state index contributed by atoms with van der Waals surface area (Å²) in [6.45, 7) is 16.3. The molecule has 0 N–H and O–H groups in total. The summed E-state index contributed by atoms with van der Waals surface area (Å²) in [6, 6.07) is 15.5. The van der Waals surface area contributed by atoms with Crippen LogP contribution in [-0.2, 0) is 22.3 Å². The highest BCUT2D eigenvalue weighted by Gasteiger charge is 2.11. The number of hydrogen-bond donors (Lipinski definition) is 0. The van der Waals surface area contributed by atoms with Crippen LogP contribution in [0.1, 0.15) is 124 Å². The molecule has 0 spiro atoms. The van der Waals surface area contributed by atoms with Gasteiger partial charge in [-0.2, -0.15) is 0 Å². The first kappa shape index (κ1) is 37.5. The van der Waals surface area contributed by atoms with Crippen molar-refractivity contribution in [1.82, 2.24) is 9.80 Å². The molecule has 0 heterocycles. The molecule has 0 aliphatic rings. The Balaban J connectivity index is 1.69. The number of ether oxygens (including phenoxy) is 2. The third-order valence-corrected chi connectivity index (χ3v) is 8.10. The van der Waals surface area contributed by atoms with Gasteiger partial charge in [-0.25, -0.2) is 9.59 Å². The first-order chi connectivity index (χ1) is 21.5. The van der Waals surface area contributed by atoms with E-state index < -0.39 is 0 Å². The molecule has 0 atom stereocenters. The highest BCUT2D eigenvalue weighted by atomic mass is 16.5. The van der Waals surface area contributed by atoms with Crippen molar-refractivity contribution in [2.75, 3.05) is 52.5 Å². The molecule has 0 radical (unpaired) electrons. The topological polar surface area (TPSA) is 59.1 Å². The molecule has 0 aliphatic heterocycles. The lowest BCUT2D eigenvalue weighted by molar-refractivity contribution is 0.0478. The number of esters is 2. The molecule has 0 saturated carbocycles. The fraction of sp³-hybridized carbons (Fsp3) is 0.632. The van der Waals surface area contributed by atoms with Gasteiger partial charge in [-0.05, 0) is 113 Å². The van der Waals surface area contributed by atoms with Crippen LogP contribution in [0.25, 0.3) is 0 Å². The van der Waals surface area contributed by atoms with Gasteiger partial charge in [0.2, 0.25) is 0 Å². The molecule has 2 rings (SSSR count). The average Bonchev–Trinajstić information content (AvgIpc) is 3.05. The van der Waals surface area contributed by atoms with Crippen LogP contribution in [-0.4, -0.2) is 74.2 Å². The summed E-state index contributed by atoms with van der Waals surface area (Å²) < 4.78 is 11.1. The monoisotopic (exact) mass is 608 g/mol. The summed E-state index contributed by atoms with van der Waals surface area (Å²) in [7, 11) is 0. The number of nitrogens with zero attached hydrogens (tertiary/aromatic N) is 2. The van der Waals surface area contributed by atoms with Crippen molar-refractivity contribution < 1.29 is 19.1 Å². The van der Waals surface area contributed by atoms with Crippen LogP contribution >= 0.6 is 0 Å². The van der Waals surface area contributed by atoms with Crippen LogP contribution < -0.4 is 0 Å². The number of unbranched alkanes of at least 4 members (excludes halogenated alkanes) is 4. The van der Waals surface area contributed by atoms with Gasteiger partial charge in [0, 0.05) is 13.1 Å². The minimum Gasteiger partial charge on any atom is -0.462 e. The summed E-state index contributed by atoms with van der Waals surface area (Å²) in [5, 5.41) is 0. The molecular formula is C38H60N2O4. The number of aryl methyl sites for hydroxylation is 2. The van der Waals surface area contributed by atoms with E-state index in [-0.39, 0.29) is 11.9 Å². The Bertz CT molecular complexity index is 923. The maximum Gasteiger partial charge on any atom is 0.338 e. The van der Waals surface area contributed by atoms with Crippen molar-refractivity contribution in [1.29, 1.82) is 0 Å². The Kier molecular flexibility index (Phi) is 20.2. The van der Waals surface area contributed by atoms with E-state index in [0.717, 1.165) is 65.0 Å². The van der Waals surface area contributed by atoms with Crippen molar-refractivity contribution in [3.63, 3.8) is 0 Å². The molecule has 0 unspecified atom stereocenters. The third-order valence-electron chi connectivity index (χ3n) is 8.10. The SMILES string of the molecule is CCCCN(CCCC)CCCOC(=O)c1ccc(CCc2ccc(C(=O)OCCCN(CCCC)CCCC)cc2)cc1. The number of rotatable bonds is 25. The average molecular weight is 609 g/mol. The molecule has 2 aromatic carbocycles. The summed E-state index contributed by atoms with van der Waals surface area (Å²) in [4.78, 5) is 30.0. The van der Waals surface area contributed by atoms with Crippen LogP contribution in [0.5, 0.6) is 0 Å². The molecule has 6 nitrogen and oxygen atoms in total. The maximum atomic E-state index is 12.5. The summed E-state index contributed by atoms with van der Waals surface area (Å²) >= 11 is 0. The molecule has 2 aromatic rings. The van der Waals surface area contributed by atoms with Gasteiger partial charge in [-0.15, -0.1) is 0 Å². The minimum absolute atomic E-state index is 0.252. The van der Waals surface area contributed by atoms with Crippen molar-refractivity contribution in [2.45, 2.75) is 105 Å². The van der Waals surface area contributed by atoms with Crippen LogP contribution in [0.3, 0.4) is 0 Å². The van der Waals surface area contributed by atoms with Gasteiger partial charge in [-0.1, -0.05) is 77.6 Å². The normalized spacial score (nSPS) is 11.3. The number of benzene rings is 2. The Hall–Kier alpha value is -2.70. The fourth-order valence-corrected chi connectivity index (χ4v) is 5.17. The second-order valence-corrected chi connectivity index (χ2v) is 12.0. The van der Waals surface area contributed by atoms with Gasteiger partial charge in [0.1, 0.15) is 0 Å². The second-order valence-electron chi connectivity index (χ2n) is 12.0. The number of carbonyl (C=O) groups is 2. The lowest BCUT2D eigenvalue weighted by atomic mass is 10.0. The third kappa shape index (κ3) is 15.9. The quantitative estimate of drug-likeness (QED) is 0.0834. The molecular weight excluding hydrogens is 548 g/mol. The molecule has 0 amide bonds. The molecule has 246 valence electrons. The molecule has 0 aromatic heterocycles. The Morgan fingerprint density at radius 2 is 0.773 bits per heavy atom. The predicted octanol–water partition coefficient (Wildman–Crippen LogP) is 8.37. The molecule has 0 bridgehead atoms. The van der Waals surface area contributed by atoms with E-state index in [2.05, 4.69) is 37.5 Å². The zero-order chi connectivity index (χ0) is 31.8. The van der Waals surface area contributed by atoms with E-state index in [9.17, 15) is 9.59 Å². The van der Waals surface area contributed by atoms with Gasteiger partial charge in [0.15, 0.2) is 0 Å². The molecule has 0 fully saturated rings. The second kappa shape index (κ2) is 23.7. The first-order valence-electron chi connectivity index (χ1n) is 17.5. The van der Waals surface area contributed by atoms with Crippen LogP contribution in [0.2, 0.25) is 0 Å². The highest BCUT2D eigenvalue weighted by Crippen LogP contribution is 2.13. The van der Waals surface area contributed by atoms with E-state index in [1.165, 1.54) is 62.5 Å². The van der Waals surface area contributed by atoms with Crippen molar-refractivity contribution in [2.24, 2.45) is 0 Å². The number of hydrogen-bond acceptors (Lipinski definition) is 6. The van der Waals surface area contributed by atoms with Gasteiger partial charge in [0.05, 0.1) is 24.3 Å². The largest absolute Gasteiger partial charge is 0.462 e. The van der Waals surface area contributed by atoms with E-state index in [1.54, 1.807) is 0 Å². The summed E-state index contributed by atoms with van der Waals surface area (Å²) in [5.41, 5.74) is 3.53. The maximum absolute atomic E-state index is 12.5. The van der Waals surface area contributed by atoms with Crippen LogP contribution in [0.4, 0.5) is 0 Å². The molecule has 6 heteroatoms. The van der Waals surface area contributed by atoms with Crippen LogP contribution in [0.15, 0.2) is 48.5 Å². The van der Waals surface area contributed by atoms with Crippen LogP contribution in [0, 0.1) is 0 Å². The smallest absolute Gasteiger partial charge is 0.338 e. The van der Waals surface area contributed by atoms with Crippen molar-refractivity contribution in [3.05, 3.63) is 70.8 Å². The molecule has 0 aliphatic carbocycles. The Labute approximate surface area is 268 Å². The lowest BCUT2D eigenvalue weighted by Gasteiger charge is -2.21. The van der Waals surface area contributed by atoms with Crippen molar-refractivity contribution >= 4 is 11.9 Å². The van der Waals surface area contributed by atoms with Gasteiger partial charge in [-0.3, -0.25) is 0 Å². The summed E-state index contributed by atoms with van der Waals surface area (Å²) in [6.07, 6.45) is 13.1. The highest BCUT2D eigenvalue weighted by molar-refractivity contribution is 5.89. The Morgan fingerprint density at radius 3 is 1.07 bits per heavy atom. The molecule has 44 heavy (non-hydrogen) atoms. The van der Waals surface area contributed by atoms with E-state index in [1.807, 2.05) is 48.5 Å². The first-order valence-corrected chi connectivity index (χ1v) is 17.5. The summed E-state index contributed by atoms with van der Waals surface area (Å²) in [5.74, 6) is -0.504. The number of carbonyl (C=O) groups excluding carboxylic acids is 2. The molecule has 0 saturated heterocycles. The zero-order valence-electron chi connectivity index (χ0n) is 28.3. The van der Waals surface area contributed by atoms with Gasteiger partial charge in [0.25, 0.3) is 0 Å². The predicted molar refractivity (Wildman–Crippen MR) is 183 cm³/mol.